The summed E-state index contributed by atoms with van der Waals surface area (Å²) in [4.78, 5) is 24.3. The highest BCUT2D eigenvalue weighted by Gasteiger charge is 2.12. The molecule has 1 aromatic heterocycles. The van der Waals surface area contributed by atoms with E-state index in [1.54, 1.807) is 10.6 Å². The molecule has 0 aliphatic carbocycles. The Labute approximate surface area is 148 Å². The maximum Gasteiger partial charge on any atom is 0.308 e. The molecule has 0 aliphatic rings. The monoisotopic (exact) mass is 360 g/mol. The van der Waals surface area contributed by atoms with Crippen molar-refractivity contribution in [2.75, 3.05) is 5.32 Å². The summed E-state index contributed by atoms with van der Waals surface area (Å²) in [6.07, 6.45) is 0.209. The van der Waals surface area contributed by atoms with E-state index in [0.717, 1.165) is 15.8 Å². The first-order valence-corrected chi connectivity index (χ1v) is 8.83. The highest BCUT2D eigenvalue weighted by molar-refractivity contribution is 7.16. The van der Waals surface area contributed by atoms with Crippen LogP contribution in [0.1, 0.15) is 25.5 Å². The van der Waals surface area contributed by atoms with Gasteiger partial charge in [0, 0.05) is 16.8 Å². The van der Waals surface area contributed by atoms with E-state index < -0.39 is 0 Å². The second-order valence-corrected chi connectivity index (χ2v) is 7.23. The maximum atomic E-state index is 12.2. The molecule has 0 bridgehead atoms. The Bertz CT molecular complexity index is 959. The molecule has 0 saturated heterocycles. The quantitative estimate of drug-likeness (QED) is 0.745. The van der Waals surface area contributed by atoms with Crippen LogP contribution in [0.5, 0.6) is 0 Å². The van der Waals surface area contributed by atoms with Crippen molar-refractivity contribution in [1.29, 1.82) is 0 Å². The molecule has 2 aromatic carbocycles. The van der Waals surface area contributed by atoms with E-state index in [-0.39, 0.29) is 23.2 Å². The summed E-state index contributed by atoms with van der Waals surface area (Å²) in [6.45, 7) is 3.96. The van der Waals surface area contributed by atoms with Gasteiger partial charge in [0.25, 0.3) is 0 Å². The molecule has 0 saturated carbocycles. The summed E-state index contributed by atoms with van der Waals surface area (Å²) in [5.41, 5.74) is 2.36. The van der Waals surface area contributed by atoms with Crippen LogP contribution in [-0.4, -0.2) is 10.5 Å². The number of amides is 1. The minimum atomic E-state index is -0.141. The third kappa shape index (κ3) is 3.37. The summed E-state index contributed by atoms with van der Waals surface area (Å²) in [6, 6.07) is 12.9. The molecule has 6 heteroatoms. The predicted octanol–water partition coefficient (Wildman–Crippen LogP) is 4.48. The first-order chi connectivity index (χ1) is 11.5. The van der Waals surface area contributed by atoms with Crippen molar-refractivity contribution in [3.63, 3.8) is 0 Å². The van der Waals surface area contributed by atoms with E-state index in [1.165, 1.54) is 11.3 Å². The number of carbonyl (C=O) groups excluding carboxylic acids is 1. The lowest BCUT2D eigenvalue weighted by Gasteiger charge is -2.09. The van der Waals surface area contributed by atoms with E-state index in [2.05, 4.69) is 5.32 Å². The Morgan fingerprint density at radius 3 is 2.71 bits per heavy atom. The minimum absolute atomic E-state index is 0.0135. The first kappa shape index (κ1) is 16.7. The number of anilines is 1. The Kier molecular flexibility index (Phi) is 4.73. The van der Waals surface area contributed by atoms with Crippen molar-refractivity contribution in [3.8, 4) is 0 Å². The van der Waals surface area contributed by atoms with Gasteiger partial charge in [-0.1, -0.05) is 41.1 Å². The van der Waals surface area contributed by atoms with Crippen LogP contribution in [-0.2, 0) is 11.2 Å². The zero-order valence-electron chi connectivity index (χ0n) is 13.4. The van der Waals surface area contributed by atoms with Crippen molar-refractivity contribution in [2.45, 2.75) is 26.3 Å². The van der Waals surface area contributed by atoms with E-state index in [1.807, 2.05) is 50.2 Å². The van der Waals surface area contributed by atoms with Crippen LogP contribution in [0.4, 0.5) is 5.69 Å². The van der Waals surface area contributed by atoms with Crippen LogP contribution in [0.3, 0.4) is 0 Å². The number of nitrogens with zero attached hydrogens (tertiary/aromatic N) is 1. The zero-order chi connectivity index (χ0) is 17.3. The Hall–Kier alpha value is -2.11. The lowest BCUT2D eigenvalue weighted by molar-refractivity contribution is -0.115. The molecule has 0 atom stereocenters. The molecule has 4 nitrogen and oxygen atoms in total. The highest BCUT2D eigenvalue weighted by Crippen LogP contribution is 2.24. The molecule has 1 heterocycles. The summed E-state index contributed by atoms with van der Waals surface area (Å²) in [5, 5.41) is 3.44. The van der Waals surface area contributed by atoms with E-state index in [9.17, 15) is 9.59 Å². The van der Waals surface area contributed by atoms with Gasteiger partial charge in [0.05, 0.1) is 16.6 Å². The molecule has 1 N–H and O–H groups in total. The minimum Gasteiger partial charge on any atom is -0.326 e. The number of rotatable bonds is 4. The molecule has 124 valence electrons. The molecular formula is C18H17ClN2O2S. The Morgan fingerprint density at radius 2 is 2.00 bits per heavy atom. The smallest absolute Gasteiger partial charge is 0.308 e. The number of hydrogen-bond donors (Lipinski definition) is 1. The number of fused-ring (bicyclic) bond motifs is 1. The number of hydrogen-bond acceptors (Lipinski definition) is 3. The topological polar surface area (TPSA) is 51.1 Å². The molecular weight excluding hydrogens is 344 g/mol. The lowest BCUT2D eigenvalue weighted by atomic mass is 10.1. The van der Waals surface area contributed by atoms with Crippen LogP contribution >= 0.6 is 22.9 Å². The van der Waals surface area contributed by atoms with E-state index >= 15 is 0 Å². The van der Waals surface area contributed by atoms with Gasteiger partial charge in [-0.05, 0) is 43.7 Å². The molecule has 0 unspecified atom stereocenters. The maximum absolute atomic E-state index is 12.2. The van der Waals surface area contributed by atoms with Gasteiger partial charge >= 0.3 is 4.87 Å². The van der Waals surface area contributed by atoms with Crippen LogP contribution in [0, 0.1) is 0 Å². The third-order valence-electron chi connectivity index (χ3n) is 3.72. The average Bonchev–Trinajstić information content (AvgIpc) is 2.84. The number of halogens is 1. The molecule has 3 rings (SSSR count). The van der Waals surface area contributed by atoms with Crippen LogP contribution in [0.15, 0.2) is 47.3 Å². The molecule has 0 aliphatic heterocycles. The fraction of sp³-hybridized carbons (Fsp3) is 0.222. The van der Waals surface area contributed by atoms with Gasteiger partial charge in [-0.3, -0.25) is 14.2 Å². The lowest BCUT2D eigenvalue weighted by Crippen LogP contribution is -2.15. The third-order valence-corrected chi connectivity index (χ3v) is 5.01. The molecule has 0 spiro atoms. The molecule has 3 aromatic rings. The van der Waals surface area contributed by atoms with Crippen molar-refractivity contribution < 1.29 is 4.79 Å². The van der Waals surface area contributed by atoms with Crippen molar-refractivity contribution in [3.05, 3.63) is 62.7 Å². The standard InChI is InChI=1S/C18H17ClN2O2S/c1-11(2)21-15-8-7-13(10-16(15)24-18(21)23)20-17(22)9-12-5-3-4-6-14(12)19/h3-8,10-11H,9H2,1-2H3,(H,20,22). The molecule has 24 heavy (non-hydrogen) atoms. The van der Waals surface area contributed by atoms with Crippen molar-refractivity contribution in [1.82, 2.24) is 4.57 Å². The average molecular weight is 361 g/mol. The predicted molar refractivity (Wildman–Crippen MR) is 100 cm³/mol. The summed E-state index contributed by atoms with van der Waals surface area (Å²) in [7, 11) is 0. The van der Waals surface area contributed by atoms with Crippen LogP contribution < -0.4 is 10.2 Å². The summed E-state index contributed by atoms with van der Waals surface area (Å²) >= 11 is 7.27. The van der Waals surface area contributed by atoms with E-state index in [0.29, 0.717) is 10.7 Å². The largest absolute Gasteiger partial charge is 0.326 e. The number of carbonyl (C=O) groups is 1. The van der Waals surface area contributed by atoms with Crippen LogP contribution in [0.25, 0.3) is 10.2 Å². The Balaban J connectivity index is 1.82. The summed E-state index contributed by atoms with van der Waals surface area (Å²) in [5.74, 6) is -0.141. The van der Waals surface area contributed by atoms with Gasteiger partial charge in [0.1, 0.15) is 0 Å². The van der Waals surface area contributed by atoms with Gasteiger partial charge in [-0.25, -0.2) is 0 Å². The normalized spacial score (nSPS) is 11.2. The fourth-order valence-corrected chi connectivity index (χ4v) is 3.88. The van der Waals surface area contributed by atoms with Gasteiger partial charge in [0.15, 0.2) is 0 Å². The SMILES string of the molecule is CC(C)n1c(=O)sc2cc(NC(=O)Cc3ccccc3Cl)ccc21. The fourth-order valence-electron chi connectivity index (χ4n) is 2.62. The van der Waals surface area contributed by atoms with Gasteiger partial charge in [0.2, 0.25) is 5.91 Å². The van der Waals surface area contributed by atoms with Crippen molar-refractivity contribution in [2.24, 2.45) is 0 Å². The number of thiazole rings is 1. The zero-order valence-corrected chi connectivity index (χ0v) is 14.9. The van der Waals surface area contributed by atoms with Gasteiger partial charge < -0.3 is 5.32 Å². The molecule has 1 amide bonds. The van der Waals surface area contributed by atoms with Gasteiger partial charge in [-0.2, -0.15) is 0 Å². The second-order valence-electron chi connectivity index (χ2n) is 5.83. The Morgan fingerprint density at radius 1 is 1.25 bits per heavy atom. The number of aromatic nitrogens is 1. The second kappa shape index (κ2) is 6.79. The summed E-state index contributed by atoms with van der Waals surface area (Å²) < 4.78 is 2.62. The van der Waals surface area contributed by atoms with Crippen molar-refractivity contribution >= 4 is 44.7 Å². The highest BCUT2D eigenvalue weighted by atomic mass is 35.5. The number of benzene rings is 2. The first-order valence-electron chi connectivity index (χ1n) is 7.64. The molecule has 0 radical (unpaired) electrons. The number of nitrogens with one attached hydrogen (secondary N) is 1. The molecule has 0 fully saturated rings. The van der Waals surface area contributed by atoms with Gasteiger partial charge in [-0.15, -0.1) is 0 Å². The van der Waals surface area contributed by atoms with Crippen LogP contribution in [0.2, 0.25) is 5.02 Å². The van der Waals surface area contributed by atoms with E-state index in [4.69, 9.17) is 11.6 Å².